The van der Waals surface area contributed by atoms with E-state index in [1.54, 1.807) is 6.08 Å². The van der Waals surface area contributed by atoms with Gasteiger partial charge in [-0.1, -0.05) is 51.5 Å². The molecule has 0 unspecified atom stereocenters. The van der Waals surface area contributed by atoms with Crippen LogP contribution in [0.4, 0.5) is 0 Å². The summed E-state index contributed by atoms with van der Waals surface area (Å²) >= 11 is 0. The maximum absolute atomic E-state index is 10.3. The number of carbonyl (C=O) groups is 1. The molecule has 1 aliphatic rings. The minimum absolute atomic E-state index is 0.410. The molecule has 122 valence electrons. The first-order chi connectivity index (χ1) is 10.2. The van der Waals surface area contributed by atoms with Gasteiger partial charge in [0.15, 0.2) is 0 Å². The summed E-state index contributed by atoms with van der Waals surface area (Å²) in [4.78, 5) is 10.3. The molecular weight excluding hydrogens is 264 g/mol. The van der Waals surface area contributed by atoms with Crippen LogP contribution in [0.1, 0.15) is 84.0 Å². The molecule has 1 fully saturated rings. The minimum atomic E-state index is -0.855. The Hall–Kier alpha value is -0.830. The van der Waals surface area contributed by atoms with Crippen molar-refractivity contribution >= 4 is 5.97 Å². The number of hydrogen-bond donors (Lipinski definition) is 1. The number of rotatable bonds is 12. The predicted octanol–water partition coefficient (Wildman–Crippen LogP) is 5.10. The van der Waals surface area contributed by atoms with Crippen molar-refractivity contribution in [3.05, 3.63) is 12.2 Å². The quantitative estimate of drug-likeness (QED) is 0.403. The highest BCUT2D eigenvalue weighted by Crippen LogP contribution is 2.27. The fraction of sp³-hybridized carbons (Fsp3) is 0.833. The highest BCUT2D eigenvalue weighted by molar-refractivity contribution is 5.79. The standard InChI is InChI=1S/C18H32O3/c1-2-3-4-5-6-8-11-16-14-15-17(21-16)12-9-7-10-13-18(19)20/h10,13,16-17H,2-9,11-12,14-15H2,1H3,(H,19,20)/t16-,17+/m1/s1. The first-order valence-corrected chi connectivity index (χ1v) is 8.77. The lowest BCUT2D eigenvalue weighted by Gasteiger charge is -2.13. The molecule has 1 N–H and O–H groups in total. The predicted molar refractivity (Wildman–Crippen MR) is 86.5 cm³/mol. The number of carboxylic acids is 1. The first kappa shape index (κ1) is 18.2. The normalized spacial score (nSPS) is 22.1. The van der Waals surface area contributed by atoms with Gasteiger partial charge in [-0.3, -0.25) is 0 Å². The first-order valence-electron chi connectivity index (χ1n) is 8.77. The Labute approximate surface area is 129 Å². The number of aliphatic carboxylic acids is 1. The summed E-state index contributed by atoms with van der Waals surface area (Å²) in [5.74, 6) is -0.855. The highest BCUT2D eigenvalue weighted by Gasteiger charge is 2.23. The molecule has 1 heterocycles. The zero-order chi connectivity index (χ0) is 15.3. The van der Waals surface area contributed by atoms with Gasteiger partial charge in [-0.2, -0.15) is 0 Å². The van der Waals surface area contributed by atoms with E-state index >= 15 is 0 Å². The van der Waals surface area contributed by atoms with E-state index in [9.17, 15) is 4.79 Å². The van der Waals surface area contributed by atoms with Gasteiger partial charge in [0.25, 0.3) is 0 Å². The molecule has 3 nitrogen and oxygen atoms in total. The lowest BCUT2D eigenvalue weighted by atomic mass is 10.0. The van der Waals surface area contributed by atoms with Gasteiger partial charge in [0.2, 0.25) is 0 Å². The molecule has 21 heavy (non-hydrogen) atoms. The van der Waals surface area contributed by atoms with E-state index in [1.165, 1.54) is 63.9 Å². The molecule has 0 saturated carbocycles. The van der Waals surface area contributed by atoms with Crippen LogP contribution in [0, 0.1) is 0 Å². The van der Waals surface area contributed by atoms with Gasteiger partial charge >= 0.3 is 5.97 Å². The van der Waals surface area contributed by atoms with Crippen molar-refractivity contribution in [3.8, 4) is 0 Å². The number of ether oxygens (including phenoxy) is 1. The zero-order valence-corrected chi connectivity index (χ0v) is 13.6. The summed E-state index contributed by atoms with van der Waals surface area (Å²) < 4.78 is 6.08. The molecule has 1 aliphatic heterocycles. The summed E-state index contributed by atoms with van der Waals surface area (Å²) in [5, 5.41) is 8.50. The molecule has 0 amide bonds. The average molecular weight is 296 g/mol. The van der Waals surface area contributed by atoms with E-state index in [-0.39, 0.29) is 0 Å². The molecule has 0 aromatic heterocycles. The molecule has 0 aromatic rings. The SMILES string of the molecule is CCCCCCCC[C@@H]1CC[C@H](CCCC=CC(=O)O)O1. The summed E-state index contributed by atoms with van der Waals surface area (Å²) in [6.45, 7) is 2.25. The second kappa shape index (κ2) is 11.8. The minimum Gasteiger partial charge on any atom is -0.478 e. The highest BCUT2D eigenvalue weighted by atomic mass is 16.5. The van der Waals surface area contributed by atoms with E-state index in [2.05, 4.69) is 6.92 Å². The van der Waals surface area contributed by atoms with Crippen LogP contribution in [0.3, 0.4) is 0 Å². The molecule has 1 saturated heterocycles. The van der Waals surface area contributed by atoms with Gasteiger partial charge in [-0.25, -0.2) is 4.79 Å². The summed E-state index contributed by atoms with van der Waals surface area (Å²) in [7, 11) is 0. The van der Waals surface area contributed by atoms with Crippen LogP contribution in [0.5, 0.6) is 0 Å². The smallest absolute Gasteiger partial charge is 0.327 e. The Morgan fingerprint density at radius 2 is 1.67 bits per heavy atom. The number of unbranched alkanes of at least 4 members (excludes halogenated alkanes) is 6. The Morgan fingerprint density at radius 3 is 2.33 bits per heavy atom. The molecular formula is C18H32O3. The molecule has 2 atom stereocenters. The Bertz CT molecular complexity index is 299. The van der Waals surface area contributed by atoms with Gasteiger partial charge in [0.05, 0.1) is 12.2 Å². The Balaban J connectivity index is 1.96. The van der Waals surface area contributed by atoms with Crippen LogP contribution in [-0.4, -0.2) is 23.3 Å². The van der Waals surface area contributed by atoms with Crippen LogP contribution >= 0.6 is 0 Å². The van der Waals surface area contributed by atoms with Crippen LogP contribution < -0.4 is 0 Å². The summed E-state index contributed by atoms with van der Waals surface area (Å²) in [6, 6.07) is 0. The molecule has 0 aliphatic carbocycles. The lowest BCUT2D eigenvalue weighted by Crippen LogP contribution is -2.10. The van der Waals surface area contributed by atoms with Crippen molar-refractivity contribution in [2.45, 2.75) is 96.2 Å². The van der Waals surface area contributed by atoms with Gasteiger partial charge in [-0.05, 0) is 38.5 Å². The second-order valence-electron chi connectivity index (χ2n) is 6.19. The fourth-order valence-corrected chi connectivity index (χ4v) is 3.00. The molecule has 3 heteroatoms. The topological polar surface area (TPSA) is 46.5 Å². The number of hydrogen-bond acceptors (Lipinski definition) is 2. The van der Waals surface area contributed by atoms with Crippen LogP contribution in [0.15, 0.2) is 12.2 Å². The van der Waals surface area contributed by atoms with Crippen LogP contribution in [-0.2, 0) is 9.53 Å². The van der Waals surface area contributed by atoms with Crippen molar-refractivity contribution in [1.82, 2.24) is 0 Å². The van der Waals surface area contributed by atoms with E-state index in [0.717, 1.165) is 19.3 Å². The fourth-order valence-electron chi connectivity index (χ4n) is 3.00. The van der Waals surface area contributed by atoms with Crippen LogP contribution in [0.25, 0.3) is 0 Å². The second-order valence-corrected chi connectivity index (χ2v) is 6.19. The third kappa shape index (κ3) is 9.67. The molecule has 0 radical (unpaired) electrons. The molecule has 1 rings (SSSR count). The molecule has 0 bridgehead atoms. The van der Waals surface area contributed by atoms with Gasteiger partial charge < -0.3 is 9.84 Å². The average Bonchev–Trinajstić information content (AvgIpc) is 2.90. The summed E-state index contributed by atoms with van der Waals surface area (Å²) in [6.07, 6.45) is 18.5. The van der Waals surface area contributed by atoms with E-state index in [1.807, 2.05) is 0 Å². The van der Waals surface area contributed by atoms with Crippen molar-refractivity contribution in [1.29, 1.82) is 0 Å². The summed E-state index contributed by atoms with van der Waals surface area (Å²) in [5.41, 5.74) is 0. The number of allylic oxidation sites excluding steroid dienone is 1. The van der Waals surface area contributed by atoms with Crippen LogP contribution in [0.2, 0.25) is 0 Å². The van der Waals surface area contributed by atoms with E-state index < -0.39 is 5.97 Å². The van der Waals surface area contributed by atoms with Crippen molar-refractivity contribution in [3.63, 3.8) is 0 Å². The Morgan fingerprint density at radius 1 is 1.05 bits per heavy atom. The third-order valence-electron chi connectivity index (χ3n) is 4.23. The maximum atomic E-state index is 10.3. The largest absolute Gasteiger partial charge is 0.478 e. The molecule has 0 aromatic carbocycles. The monoisotopic (exact) mass is 296 g/mol. The maximum Gasteiger partial charge on any atom is 0.327 e. The van der Waals surface area contributed by atoms with Crippen molar-refractivity contribution in [2.75, 3.05) is 0 Å². The third-order valence-corrected chi connectivity index (χ3v) is 4.23. The zero-order valence-electron chi connectivity index (χ0n) is 13.6. The lowest BCUT2D eigenvalue weighted by molar-refractivity contribution is -0.131. The van der Waals surface area contributed by atoms with Gasteiger partial charge in [-0.15, -0.1) is 0 Å². The molecule has 0 spiro atoms. The van der Waals surface area contributed by atoms with Crippen molar-refractivity contribution in [2.24, 2.45) is 0 Å². The van der Waals surface area contributed by atoms with Gasteiger partial charge in [0.1, 0.15) is 0 Å². The Kier molecular flexibility index (Phi) is 10.2. The van der Waals surface area contributed by atoms with E-state index in [0.29, 0.717) is 12.2 Å². The van der Waals surface area contributed by atoms with E-state index in [4.69, 9.17) is 9.84 Å². The van der Waals surface area contributed by atoms with Gasteiger partial charge in [0, 0.05) is 6.08 Å². The number of carboxylic acid groups (broad SMARTS) is 1. The van der Waals surface area contributed by atoms with Crippen molar-refractivity contribution < 1.29 is 14.6 Å².